The van der Waals surface area contributed by atoms with Gasteiger partial charge in [-0.3, -0.25) is 4.98 Å². The molecule has 0 atom stereocenters. The Kier molecular flexibility index (Phi) is 3.11. The van der Waals surface area contributed by atoms with E-state index in [0.29, 0.717) is 17.9 Å². The van der Waals surface area contributed by atoms with Gasteiger partial charge in [0, 0.05) is 24.6 Å². The average molecular weight is 250 g/mol. The lowest BCUT2D eigenvalue weighted by atomic mass is 10.1. The van der Waals surface area contributed by atoms with Crippen LogP contribution in [-0.2, 0) is 19.4 Å². The minimum Gasteiger partial charge on any atom is -0.365 e. The van der Waals surface area contributed by atoms with Crippen LogP contribution in [0, 0.1) is 11.3 Å². The SMILES string of the molecule is N#Cc1cc2c(nc1NCc1ccncc1)CCC2. The van der Waals surface area contributed by atoms with Crippen LogP contribution in [0.2, 0.25) is 0 Å². The van der Waals surface area contributed by atoms with E-state index < -0.39 is 0 Å². The first-order chi connectivity index (χ1) is 9.36. The van der Waals surface area contributed by atoms with E-state index in [1.807, 2.05) is 18.2 Å². The zero-order chi connectivity index (χ0) is 13.1. The van der Waals surface area contributed by atoms with Crippen LogP contribution < -0.4 is 5.32 Å². The van der Waals surface area contributed by atoms with E-state index in [1.54, 1.807) is 12.4 Å². The zero-order valence-corrected chi connectivity index (χ0v) is 10.6. The highest BCUT2D eigenvalue weighted by Crippen LogP contribution is 2.25. The van der Waals surface area contributed by atoms with Gasteiger partial charge in [0.05, 0.1) is 5.56 Å². The molecule has 94 valence electrons. The Morgan fingerprint density at radius 2 is 2.11 bits per heavy atom. The number of rotatable bonds is 3. The topological polar surface area (TPSA) is 61.6 Å². The summed E-state index contributed by atoms with van der Waals surface area (Å²) in [4.78, 5) is 8.58. The first kappa shape index (κ1) is 11.7. The molecule has 0 aliphatic heterocycles. The lowest BCUT2D eigenvalue weighted by Crippen LogP contribution is -2.05. The Balaban J connectivity index is 1.83. The molecule has 19 heavy (non-hydrogen) atoms. The molecular formula is C15H14N4. The van der Waals surface area contributed by atoms with E-state index in [2.05, 4.69) is 21.4 Å². The van der Waals surface area contributed by atoms with Crippen LogP contribution in [0.25, 0.3) is 0 Å². The third kappa shape index (κ3) is 2.41. The number of anilines is 1. The summed E-state index contributed by atoms with van der Waals surface area (Å²) in [5.74, 6) is 0.694. The largest absolute Gasteiger partial charge is 0.365 e. The fourth-order valence-electron chi connectivity index (χ4n) is 2.38. The highest BCUT2D eigenvalue weighted by molar-refractivity contribution is 5.55. The van der Waals surface area contributed by atoms with E-state index in [1.165, 1.54) is 5.56 Å². The molecule has 0 saturated carbocycles. The molecule has 0 bridgehead atoms. The smallest absolute Gasteiger partial charge is 0.144 e. The zero-order valence-electron chi connectivity index (χ0n) is 10.6. The third-order valence-corrected chi connectivity index (χ3v) is 3.38. The molecule has 4 heteroatoms. The maximum absolute atomic E-state index is 9.21. The van der Waals surface area contributed by atoms with Gasteiger partial charge in [-0.15, -0.1) is 0 Å². The maximum Gasteiger partial charge on any atom is 0.144 e. The van der Waals surface area contributed by atoms with Crippen LogP contribution in [0.15, 0.2) is 30.6 Å². The van der Waals surface area contributed by atoms with E-state index >= 15 is 0 Å². The number of aryl methyl sites for hydroxylation is 2. The number of hydrogen-bond acceptors (Lipinski definition) is 4. The van der Waals surface area contributed by atoms with Crippen LogP contribution in [0.4, 0.5) is 5.82 Å². The summed E-state index contributed by atoms with van der Waals surface area (Å²) in [7, 11) is 0. The fourth-order valence-corrected chi connectivity index (χ4v) is 2.38. The summed E-state index contributed by atoms with van der Waals surface area (Å²) < 4.78 is 0. The van der Waals surface area contributed by atoms with Gasteiger partial charge in [-0.2, -0.15) is 5.26 Å². The minimum absolute atomic E-state index is 0.634. The van der Waals surface area contributed by atoms with Gasteiger partial charge in [-0.1, -0.05) is 0 Å². The summed E-state index contributed by atoms with van der Waals surface area (Å²) in [6.07, 6.45) is 6.73. The van der Waals surface area contributed by atoms with E-state index in [-0.39, 0.29) is 0 Å². The number of hydrogen-bond donors (Lipinski definition) is 1. The van der Waals surface area contributed by atoms with Crippen LogP contribution in [0.3, 0.4) is 0 Å². The van der Waals surface area contributed by atoms with Crippen molar-refractivity contribution in [2.45, 2.75) is 25.8 Å². The molecular weight excluding hydrogens is 236 g/mol. The van der Waals surface area contributed by atoms with Crippen molar-refractivity contribution in [2.24, 2.45) is 0 Å². The number of nitrogens with zero attached hydrogens (tertiary/aromatic N) is 3. The monoisotopic (exact) mass is 250 g/mol. The molecule has 0 radical (unpaired) electrons. The number of fused-ring (bicyclic) bond motifs is 1. The molecule has 2 aromatic heterocycles. The number of aromatic nitrogens is 2. The Morgan fingerprint density at radius 3 is 2.89 bits per heavy atom. The second-order valence-electron chi connectivity index (χ2n) is 4.66. The summed E-state index contributed by atoms with van der Waals surface area (Å²) in [6, 6.07) is 8.10. The first-order valence-electron chi connectivity index (χ1n) is 6.42. The third-order valence-electron chi connectivity index (χ3n) is 3.38. The molecule has 0 unspecified atom stereocenters. The van der Waals surface area contributed by atoms with Gasteiger partial charge in [0.15, 0.2) is 0 Å². The fraction of sp³-hybridized carbons (Fsp3) is 0.267. The molecule has 0 amide bonds. The van der Waals surface area contributed by atoms with Crippen molar-refractivity contribution in [2.75, 3.05) is 5.32 Å². The maximum atomic E-state index is 9.21. The van der Waals surface area contributed by atoms with E-state index in [4.69, 9.17) is 0 Å². The van der Waals surface area contributed by atoms with Crippen molar-refractivity contribution in [3.05, 3.63) is 53.0 Å². The minimum atomic E-state index is 0.634. The van der Waals surface area contributed by atoms with Gasteiger partial charge in [0.25, 0.3) is 0 Å². The van der Waals surface area contributed by atoms with Gasteiger partial charge in [0.1, 0.15) is 11.9 Å². The van der Waals surface area contributed by atoms with Crippen molar-refractivity contribution in [3.8, 4) is 6.07 Å². The number of pyridine rings is 2. The number of nitriles is 1. The first-order valence-corrected chi connectivity index (χ1v) is 6.42. The summed E-state index contributed by atoms with van der Waals surface area (Å²) in [5, 5.41) is 12.5. The van der Waals surface area contributed by atoms with Crippen LogP contribution >= 0.6 is 0 Å². The second-order valence-corrected chi connectivity index (χ2v) is 4.66. The predicted molar refractivity (Wildman–Crippen MR) is 72.5 cm³/mol. The van der Waals surface area contributed by atoms with Gasteiger partial charge in [-0.05, 0) is 48.6 Å². The molecule has 2 heterocycles. The molecule has 0 saturated heterocycles. The quantitative estimate of drug-likeness (QED) is 0.908. The van der Waals surface area contributed by atoms with Crippen LogP contribution in [0.5, 0.6) is 0 Å². The van der Waals surface area contributed by atoms with Gasteiger partial charge >= 0.3 is 0 Å². The van der Waals surface area contributed by atoms with Crippen molar-refractivity contribution in [1.29, 1.82) is 5.26 Å². The standard InChI is InChI=1S/C15H14N4/c16-9-13-8-12-2-1-3-14(12)19-15(13)18-10-11-4-6-17-7-5-11/h4-8H,1-3,10H2,(H,18,19). The summed E-state index contributed by atoms with van der Waals surface area (Å²) in [6.45, 7) is 0.656. The number of nitrogens with one attached hydrogen (secondary N) is 1. The van der Waals surface area contributed by atoms with Crippen molar-refractivity contribution < 1.29 is 0 Å². The van der Waals surface area contributed by atoms with Gasteiger partial charge in [0.2, 0.25) is 0 Å². The Hall–Kier alpha value is -2.41. The molecule has 1 N–H and O–H groups in total. The molecule has 0 spiro atoms. The second kappa shape index (κ2) is 5.07. The molecule has 2 aromatic rings. The van der Waals surface area contributed by atoms with Crippen molar-refractivity contribution >= 4 is 5.82 Å². The lowest BCUT2D eigenvalue weighted by molar-refractivity contribution is 0.899. The molecule has 0 aromatic carbocycles. The molecule has 3 rings (SSSR count). The summed E-state index contributed by atoms with van der Waals surface area (Å²) in [5.41, 5.74) is 4.12. The highest BCUT2D eigenvalue weighted by Gasteiger charge is 2.16. The highest BCUT2D eigenvalue weighted by atomic mass is 15.0. The molecule has 1 aliphatic rings. The molecule has 4 nitrogen and oxygen atoms in total. The van der Waals surface area contributed by atoms with Crippen LogP contribution in [0.1, 0.15) is 28.8 Å². The van der Waals surface area contributed by atoms with E-state index in [0.717, 1.165) is 30.5 Å². The average Bonchev–Trinajstić information content (AvgIpc) is 2.92. The van der Waals surface area contributed by atoms with Crippen molar-refractivity contribution in [3.63, 3.8) is 0 Å². The van der Waals surface area contributed by atoms with Crippen LogP contribution in [-0.4, -0.2) is 9.97 Å². The lowest BCUT2D eigenvalue weighted by Gasteiger charge is -2.09. The normalized spacial score (nSPS) is 12.8. The Morgan fingerprint density at radius 1 is 1.26 bits per heavy atom. The Bertz CT molecular complexity index is 629. The molecule has 0 fully saturated rings. The van der Waals surface area contributed by atoms with Gasteiger partial charge < -0.3 is 5.32 Å². The Labute approximate surface area is 112 Å². The predicted octanol–water partition coefficient (Wildman–Crippen LogP) is 2.45. The summed E-state index contributed by atoms with van der Waals surface area (Å²) >= 11 is 0. The van der Waals surface area contributed by atoms with E-state index in [9.17, 15) is 5.26 Å². The molecule has 1 aliphatic carbocycles. The van der Waals surface area contributed by atoms with Crippen molar-refractivity contribution in [1.82, 2.24) is 9.97 Å². The van der Waals surface area contributed by atoms with Gasteiger partial charge in [-0.25, -0.2) is 4.98 Å².